The number of rotatable bonds is 10. The third kappa shape index (κ3) is 7.13. The van der Waals surface area contributed by atoms with Crippen molar-refractivity contribution in [3.05, 3.63) is 35.5 Å². The van der Waals surface area contributed by atoms with Gasteiger partial charge in [0.2, 0.25) is 0 Å². The third-order valence-electron chi connectivity index (χ3n) is 4.10. The molecule has 26 heavy (non-hydrogen) atoms. The number of H-pyrrole nitrogens is 1. The number of aliphatic imine (C=N–C) groups is 1. The molecule has 0 bridgehead atoms. The standard InChI is InChI=1S/C19H30N4O2.HI/c1-15-6-4-7-17-18(15)16(14-23-17)8-10-22-19(20-2)21-9-5-11-25-13-12-24-3;/h4,6-7,14,23H,5,8-13H2,1-3H3,(H2,20,21,22);1H. The highest BCUT2D eigenvalue weighted by Crippen LogP contribution is 2.22. The molecule has 0 aliphatic heterocycles. The fraction of sp³-hybridized carbons (Fsp3) is 0.526. The van der Waals surface area contributed by atoms with E-state index < -0.39 is 0 Å². The highest BCUT2D eigenvalue weighted by Gasteiger charge is 2.06. The van der Waals surface area contributed by atoms with E-state index in [-0.39, 0.29) is 24.0 Å². The van der Waals surface area contributed by atoms with Crippen molar-refractivity contribution in [3.8, 4) is 0 Å². The van der Waals surface area contributed by atoms with E-state index in [1.807, 2.05) is 0 Å². The van der Waals surface area contributed by atoms with Crippen LogP contribution in [0, 0.1) is 6.92 Å². The number of halogens is 1. The maximum absolute atomic E-state index is 5.44. The summed E-state index contributed by atoms with van der Waals surface area (Å²) in [5.74, 6) is 0.827. The maximum atomic E-state index is 5.44. The summed E-state index contributed by atoms with van der Waals surface area (Å²) in [7, 11) is 3.47. The van der Waals surface area contributed by atoms with Gasteiger partial charge in [-0.15, -0.1) is 24.0 Å². The molecule has 2 aromatic rings. The first-order chi connectivity index (χ1) is 12.3. The van der Waals surface area contributed by atoms with Gasteiger partial charge in [-0.1, -0.05) is 12.1 Å². The number of methoxy groups -OCH3 is 1. The Hall–Kier alpha value is -1.32. The first kappa shape index (κ1) is 22.7. The maximum Gasteiger partial charge on any atom is 0.190 e. The molecule has 1 aromatic carbocycles. The van der Waals surface area contributed by atoms with Crippen LogP contribution < -0.4 is 10.6 Å². The van der Waals surface area contributed by atoms with Gasteiger partial charge in [0, 0.05) is 51.0 Å². The summed E-state index contributed by atoms with van der Waals surface area (Å²) in [6, 6.07) is 6.36. The number of benzene rings is 1. The van der Waals surface area contributed by atoms with Crippen molar-refractivity contribution in [2.45, 2.75) is 19.8 Å². The molecule has 0 fully saturated rings. The number of hydrogen-bond donors (Lipinski definition) is 3. The zero-order chi connectivity index (χ0) is 17.9. The smallest absolute Gasteiger partial charge is 0.190 e. The molecule has 0 spiro atoms. The molecule has 0 atom stereocenters. The molecular weight excluding hydrogens is 443 g/mol. The third-order valence-corrected chi connectivity index (χ3v) is 4.10. The van der Waals surface area contributed by atoms with Crippen molar-refractivity contribution >= 4 is 40.8 Å². The molecule has 1 aromatic heterocycles. The van der Waals surface area contributed by atoms with Crippen LogP contribution in [0.3, 0.4) is 0 Å². The summed E-state index contributed by atoms with van der Waals surface area (Å²) in [6.45, 7) is 5.84. The van der Waals surface area contributed by atoms with Crippen molar-refractivity contribution in [2.24, 2.45) is 4.99 Å². The fourth-order valence-electron chi connectivity index (χ4n) is 2.81. The quantitative estimate of drug-likeness (QED) is 0.215. The van der Waals surface area contributed by atoms with Gasteiger partial charge in [-0.05, 0) is 37.0 Å². The Morgan fingerprint density at radius 3 is 2.73 bits per heavy atom. The molecule has 0 saturated heterocycles. The topological polar surface area (TPSA) is 70.7 Å². The number of aryl methyl sites for hydroxylation is 1. The van der Waals surface area contributed by atoms with Crippen LogP contribution in [-0.4, -0.2) is 58.0 Å². The van der Waals surface area contributed by atoms with Gasteiger partial charge >= 0.3 is 0 Å². The van der Waals surface area contributed by atoms with E-state index in [2.05, 4.69) is 51.9 Å². The minimum Gasteiger partial charge on any atom is -0.382 e. The lowest BCUT2D eigenvalue weighted by Gasteiger charge is -2.12. The second-order valence-electron chi connectivity index (χ2n) is 5.95. The highest BCUT2D eigenvalue weighted by atomic mass is 127. The number of hydrogen-bond acceptors (Lipinski definition) is 3. The van der Waals surface area contributed by atoms with Gasteiger partial charge in [-0.3, -0.25) is 4.99 Å². The number of aromatic amines is 1. The zero-order valence-corrected chi connectivity index (χ0v) is 18.3. The number of fused-ring (bicyclic) bond motifs is 1. The van der Waals surface area contributed by atoms with Gasteiger partial charge in [0.1, 0.15) is 0 Å². The lowest BCUT2D eigenvalue weighted by Crippen LogP contribution is -2.39. The Labute approximate surface area is 173 Å². The van der Waals surface area contributed by atoms with Crippen molar-refractivity contribution < 1.29 is 9.47 Å². The van der Waals surface area contributed by atoms with Crippen LogP contribution in [0.15, 0.2) is 29.4 Å². The van der Waals surface area contributed by atoms with E-state index in [0.29, 0.717) is 13.2 Å². The Morgan fingerprint density at radius 1 is 1.15 bits per heavy atom. The van der Waals surface area contributed by atoms with Crippen LogP contribution in [-0.2, 0) is 15.9 Å². The number of nitrogens with zero attached hydrogens (tertiary/aromatic N) is 1. The van der Waals surface area contributed by atoms with Gasteiger partial charge in [0.15, 0.2) is 5.96 Å². The predicted octanol–water partition coefficient (Wildman–Crippen LogP) is 2.85. The fourth-order valence-corrected chi connectivity index (χ4v) is 2.81. The molecule has 0 aliphatic rings. The molecule has 0 saturated carbocycles. The number of nitrogens with one attached hydrogen (secondary N) is 3. The molecule has 7 heteroatoms. The SMILES string of the molecule is CN=C(NCCCOCCOC)NCCc1c[nH]c2cccc(C)c12.I. The summed E-state index contributed by atoms with van der Waals surface area (Å²) < 4.78 is 10.4. The lowest BCUT2D eigenvalue weighted by atomic mass is 10.1. The molecule has 0 radical (unpaired) electrons. The molecule has 2 rings (SSSR count). The van der Waals surface area contributed by atoms with E-state index in [1.54, 1.807) is 14.2 Å². The number of aromatic nitrogens is 1. The first-order valence-electron chi connectivity index (χ1n) is 8.83. The highest BCUT2D eigenvalue weighted by molar-refractivity contribution is 14.0. The van der Waals surface area contributed by atoms with E-state index >= 15 is 0 Å². The lowest BCUT2D eigenvalue weighted by molar-refractivity contribution is 0.0698. The second kappa shape index (κ2) is 12.9. The van der Waals surface area contributed by atoms with Gasteiger partial charge in [-0.2, -0.15) is 0 Å². The zero-order valence-electron chi connectivity index (χ0n) is 15.9. The number of ether oxygens (including phenoxy) is 2. The van der Waals surface area contributed by atoms with E-state index in [9.17, 15) is 0 Å². The molecule has 3 N–H and O–H groups in total. The molecule has 146 valence electrons. The minimum atomic E-state index is 0. The summed E-state index contributed by atoms with van der Waals surface area (Å²) in [5, 5.41) is 8.01. The Bertz CT molecular complexity index is 673. The average Bonchev–Trinajstić information content (AvgIpc) is 3.04. The Morgan fingerprint density at radius 2 is 1.96 bits per heavy atom. The van der Waals surface area contributed by atoms with Crippen LogP contribution in [0.1, 0.15) is 17.5 Å². The summed E-state index contributed by atoms with van der Waals surface area (Å²) in [5.41, 5.74) is 3.85. The van der Waals surface area contributed by atoms with Crippen molar-refractivity contribution in [2.75, 3.05) is 47.1 Å². The molecule has 0 amide bonds. The average molecular weight is 474 g/mol. The van der Waals surface area contributed by atoms with E-state index in [4.69, 9.17) is 9.47 Å². The van der Waals surface area contributed by atoms with Crippen molar-refractivity contribution in [1.82, 2.24) is 15.6 Å². The summed E-state index contributed by atoms with van der Waals surface area (Å²) >= 11 is 0. The molecular formula is C19H31IN4O2. The monoisotopic (exact) mass is 474 g/mol. The molecule has 6 nitrogen and oxygen atoms in total. The summed E-state index contributed by atoms with van der Waals surface area (Å²) in [4.78, 5) is 7.61. The van der Waals surface area contributed by atoms with Gasteiger partial charge in [-0.25, -0.2) is 0 Å². The second-order valence-corrected chi connectivity index (χ2v) is 5.95. The van der Waals surface area contributed by atoms with E-state index in [1.165, 1.54) is 22.0 Å². The van der Waals surface area contributed by atoms with Crippen LogP contribution >= 0.6 is 24.0 Å². The van der Waals surface area contributed by atoms with E-state index in [0.717, 1.165) is 38.5 Å². The van der Waals surface area contributed by atoms with Crippen molar-refractivity contribution in [1.29, 1.82) is 0 Å². The van der Waals surface area contributed by atoms with Crippen LogP contribution in [0.25, 0.3) is 10.9 Å². The summed E-state index contributed by atoms with van der Waals surface area (Å²) in [6.07, 6.45) is 3.99. The predicted molar refractivity (Wildman–Crippen MR) is 119 cm³/mol. The largest absolute Gasteiger partial charge is 0.382 e. The molecule has 0 aliphatic carbocycles. The first-order valence-corrected chi connectivity index (χ1v) is 8.83. The van der Waals surface area contributed by atoms with Crippen LogP contribution in [0.4, 0.5) is 0 Å². The van der Waals surface area contributed by atoms with Crippen molar-refractivity contribution in [3.63, 3.8) is 0 Å². The Kier molecular flexibility index (Phi) is 11.3. The molecule has 0 unspecified atom stereocenters. The number of guanidine groups is 1. The van der Waals surface area contributed by atoms with Gasteiger partial charge in [0.05, 0.1) is 13.2 Å². The van der Waals surface area contributed by atoms with Gasteiger partial charge < -0.3 is 25.1 Å². The molecule has 1 heterocycles. The minimum absolute atomic E-state index is 0. The normalized spacial score (nSPS) is 11.4. The Balaban J connectivity index is 0.00000338. The van der Waals surface area contributed by atoms with Crippen LogP contribution in [0.5, 0.6) is 0 Å². The van der Waals surface area contributed by atoms with Gasteiger partial charge in [0.25, 0.3) is 0 Å². The van der Waals surface area contributed by atoms with Crippen LogP contribution in [0.2, 0.25) is 0 Å².